The van der Waals surface area contributed by atoms with Crippen LogP contribution < -0.4 is 4.74 Å². The monoisotopic (exact) mass is 266 g/mol. The van der Waals surface area contributed by atoms with Crippen molar-refractivity contribution in [2.75, 3.05) is 14.2 Å². The summed E-state index contributed by atoms with van der Waals surface area (Å²) < 4.78 is 10.1. The molecule has 1 N–H and O–H groups in total. The average Bonchev–Trinajstić information content (AvgIpc) is 2.38. The topological polar surface area (TPSA) is 55.8 Å². The Balaban J connectivity index is 3.31. The van der Waals surface area contributed by atoms with Crippen molar-refractivity contribution in [2.45, 2.75) is 32.8 Å². The second kappa shape index (κ2) is 6.06. The normalized spacial score (nSPS) is 15.5. The molecule has 4 heteroatoms. The summed E-state index contributed by atoms with van der Waals surface area (Å²) in [7, 11) is 2.87. The Bertz CT molecular complexity index is 451. The minimum Gasteiger partial charge on any atom is -0.496 e. The lowest BCUT2D eigenvalue weighted by atomic mass is 9.80. The fourth-order valence-electron chi connectivity index (χ4n) is 2.34. The lowest BCUT2D eigenvalue weighted by Crippen LogP contribution is -2.38. The number of esters is 1. The van der Waals surface area contributed by atoms with Gasteiger partial charge in [-0.15, -0.1) is 0 Å². The second-order valence-electron chi connectivity index (χ2n) is 4.84. The maximum atomic E-state index is 11.8. The van der Waals surface area contributed by atoms with Gasteiger partial charge in [-0.1, -0.05) is 18.6 Å². The number of ether oxygens (including phenoxy) is 2. The number of carbonyl (C=O) groups excluding carboxylic acids is 1. The van der Waals surface area contributed by atoms with E-state index in [1.54, 1.807) is 20.1 Å². The molecule has 1 aromatic rings. The predicted molar refractivity (Wildman–Crippen MR) is 73.1 cm³/mol. The van der Waals surface area contributed by atoms with Crippen LogP contribution in [0.2, 0.25) is 0 Å². The van der Waals surface area contributed by atoms with Crippen molar-refractivity contribution in [1.82, 2.24) is 0 Å². The van der Waals surface area contributed by atoms with Gasteiger partial charge < -0.3 is 14.6 Å². The summed E-state index contributed by atoms with van der Waals surface area (Å²) in [6.45, 7) is 5.39. The third-order valence-electron chi connectivity index (χ3n) is 3.47. The molecule has 0 aliphatic rings. The van der Waals surface area contributed by atoms with Gasteiger partial charge in [0.25, 0.3) is 0 Å². The highest BCUT2D eigenvalue weighted by atomic mass is 16.5. The highest BCUT2D eigenvalue weighted by Crippen LogP contribution is 2.38. The Morgan fingerprint density at radius 1 is 1.42 bits per heavy atom. The standard InChI is InChI=1S/C15H22O4/c1-6-11(14(16)19-5)15(3,17)12-9-10(2)7-8-13(12)18-4/h7-9,11,17H,6H2,1-5H3. The Hall–Kier alpha value is -1.55. The molecule has 0 heterocycles. The van der Waals surface area contributed by atoms with E-state index in [1.807, 2.05) is 26.0 Å². The smallest absolute Gasteiger partial charge is 0.311 e. The Labute approximate surface area is 114 Å². The van der Waals surface area contributed by atoms with Crippen molar-refractivity contribution in [3.63, 3.8) is 0 Å². The third-order valence-corrected chi connectivity index (χ3v) is 3.47. The van der Waals surface area contributed by atoms with Gasteiger partial charge in [0.1, 0.15) is 11.4 Å². The van der Waals surface area contributed by atoms with Gasteiger partial charge in [-0.3, -0.25) is 4.79 Å². The minimum absolute atomic E-state index is 0.420. The van der Waals surface area contributed by atoms with Crippen LogP contribution >= 0.6 is 0 Å². The molecule has 0 aliphatic carbocycles. The highest BCUT2D eigenvalue weighted by molar-refractivity contribution is 5.74. The Morgan fingerprint density at radius 2 is 2.05 bits per heavy atom. The molecule has 0 saturated heterocycles. The highest BCUT2D eigenvalue weighted by Gasteiger charge is 2.40. The molecule has 1 aromatic carbocycles. The number of carbonyl (C=O) groups is 1. The van der Waals surface area contributed by atoms with E-state index < -0.39 is 17.5 Å². The summed E-state index contributed by atoms with van der Waals surface area (Å²) in [6, 6.07) is 5.53. The van der Waals surface area contributed by atoms with E-state index in [0.717, 1.165) is 5.56 Å². The van der Waals surface area contributed by atoms with Crippen LogP contribution in [0, 0.1) is 12.8 Å². The molecule has 0 fully saturated rings. The first-order chi connectivity index (χ1) is 8.88. The van der Waals surface area contributed by atoms with Gasteiger partial charge in [0, 0.05) is 5.56 Å². The van der Waals surface area contributed by atoms with Gasteiger partial charge in [-0.25, -0.2) is 0 Å². The molecule has 106 valence electrons. The second-order valence-corrected chi connectivity index (χ2v) is 4.84. The number of aryl methyl sites for hydroxylation is 1. The molecule has 0 aromatic heterocycles. The van der Waals surface area contributed by atoms with Gasteiger partial charge >= 0.3 is 5.97 Å². The lowest BCUT2D eigenvalue weighted by molar-refractivity contribution is -0.155. The zero-order valence-electron chi connectivity index (χ0n) is 12.2. The van der Waals surface area contributed by atoms with Crippen molar-refractivity contribution in [1.29, 1.82) is 0 Å². The van der Waals surface area contributed by atoms with Crippen LogP contribution in [0.4, 0.5) is 0 Å². The maximum absolute atomic E-state index is 11.8. The van der Waals surface area contributed by atoms with Crippen LogP contribution in [-0.2, 0) is 15.1 Å². The van der Waals surface area contributed by atoms with E-state index in [1.165, 1.54) is 7.11 Å². The molecule has 1 rings (SSSR count). The maximum Gasteiger partial charge on any atom is 0.311 e. The zero-order valence-corrected chi connectivity index (χ0v) is 12.2. The first-order valence-electron chi connectivity index (χ1n) is 6.33. The Morgan fingerprint density at radius 3 is 2.53 bits per heavy atom. The largest absolute Gasteiger partial charge is 0.496 e. The van der Waals surface area contributed by atoms with Gasteiger partial charge in [-0.2, -0.15) is 0 Å². The molecule has 0 bridgehead atoms. The minimum atomic E-state index is -1.33. The van der Waals surface area contributed by atoms with Crippen molar-refractivity contribution < 1.29 is 19.4 Å². The van der Waals surface area contributed by atoms with Crippen molar-refractivity contribution in [3.05, 3.63) is 29.3 Å². The molecular formula is C15H22O4. The molecule has 4 nitrogen and oxygen atoms in total. The SMILES string of the molecule is CCC(C(=O)OC)C(C)(O)c1cc(C)ccc1OC. The fourth-order valence-corrected chi connectivity index (χ4v) is 2.34. The van der Waals surface area contributed by atoms with E-state index in [-0.39, 0.29) is 0 Å². The number of aliphatic hydroxyl groups is 1. The zero-order chi connectivity index (χ0) is 14.6. The van der Waals surface area contributed by atoms with E-state index in [0.29, 0.717) is 17.7 Å². The summed E-state index contributed by atoms with van der Waals surface area (Å²) in [4.78, 5) is 11.8. The van der Waals surface area contributed by atoms with Gasteiger partial charge in [0.05, 0.1) is 20.1 Å². The summed E-state index contributed by atoms with van der Waals surface area (Å²) >= 11 is 0. The van der Waals surface area contributed by atoms with Crippen LogP contribution in [0.5, 0.6) is 5.75 Å². The van der Waals surface area contributed by atoms with Gasteiger partial charge in [0.15, 0.2) is 0 Å². The van der Waals surface area contributed by atoms with E-state index in [4.69, 9.17) is 9.47 Å². The van der Waals surface area contributed by atoms with Gasteiger partial charge in [-0.05, 0) is 32.4 Å². The fraction of sp³-hybridized carbons (Fsp3) is 0.533. The third kappa shape index (κ3) is 3.07. The summed E-state index contributed by atoms with van der Waals surface area (Å²) in [5.41, 5.74) is 0.266. The summed E-state index contributed by atoms with van der Waals surface area (Å²) in [6.07, 6.45) is 0.483. The van der Waals surface area contributed by atoms with E-state index in [9.17, 15) is 9.90 Å². The average molecular weight is 266 g/mol. The Kier molecular flexibility index (Phi) is 4.95. The van der Waals surface area contributed by atoms with Crippen molar-refractivity contribution in [2.24, 2.45) is 5.92 Å². The molecular weight excluding hydrogens is 244 g/mol. The molecule has 0 amide bonds. The molecule has 0 spiro atoms. The van der Waals surface area contributed by atoms with Crippen LogP contribution in [-0.4, -0.2) is 25.3 Å². The molecule has 0 aliphatic heterocycles. The number of benzene rings is 1. The number of rotatable bonds is 5. The molecule has 2 unspecified atom stereocenters. The van der Waals surface area contributed by atoms with Crippen molar-refractivity contribution >= 4 is 5.97 Å². The first-order valence-corrected chi connectivity index (χ1v) is 6.33. The molecule has 19 heavy (non-hydrogen) atoms. The number of hydrogen-bond acceptors (Lipinski definition) is 4. The van der Waals surface area contributed by atoms with Crippen LogP contribution in [0.1, 0.15) is 31.4 Å². The van der Waals surface area contributed by atoms with E-state index >= 15 is 0 Å². The van der Waals surface area contributed by atoms with Gasteiger partial charge in [0.2, 0.25) is 0 Å². The van der Waals surface area contributed by atoms with Crippen LogP contribution in [0.15, 0.2) is 18.2 Å². The first kappa shape index (κ1) is 15.5. The molecule has 0 radical (unpaired) electrons. The summed E-state index contributed by atoms with van der Waals surface area (Å²) in [5, 5.41) is 10.8. The predicted octanol–water partition coefficient (Wildman–Crippen LogP) is 2.41. The van der Waals surface area contributed by atoms with Crippen LogP contribution in [0.25, 0.3) is 0 Å². The quantitative estimate of drug-likeness (QED) is 0.831. The van der Waals surface area contributed by atoms with Crippen molar-refractivity contribution in [3.8, 4) is 5.75 Å². The van der Waals surface area contributed by atoms with Crippen LogP contribution in [0.3, 0.4) is 0 Å². The number of methoxy groups -OCH3 is 2. The lowest BCUT2D eigenvalue weighted by Gasteiger charge is -2.32. The number of hydrogen-bond donors (Lipinski definition) is 1. The van der Waals surface area contributed by atoms with E-state index in [2.05, 4.69) is 0 Å². The molecule has 2 atom stereocenters. The summed E-state index contributed by atoms with van der Waals surface area (Å²) in [5.74, 6) is -0.484. The molecule has 0 saturated carbocycles.